The van der Waals surface area contributed by atoms with Crippen LogP contribution in [-0.2, 0) is 18.9 Å². The molecule has 0 spiro atoms. The van der Waals surface area contributed by atoms with E-state index in [-0.39, 0.29) is 11.6 Å². The highest BCUT2D eigenvalue weighted by Crippen LogP contribution is 2.33. The molecule has 1 N–H and O–H groups in total. The Morgan fingerprint density at radius 2 is 1.65 bits per heavy atom. The maximum absolute atomic E-state index is 12.7. The Kier molecular flexibility index (Phi) is 3.72. The number of anilines is 1. The van der Waals surface area contributed by atoms with Crippen LogP contribution in [-0.4, -0.2) is 27.2 Å². The fraction of sp³-hybridized carbons (Fsp3) is 0.263. The van der Waals surface area contributed by atoms with Gasteiger partial charge in [-0.25, -0.2) is 4.79 Å². The minimum atomic E-state index is -0.764. The molecule has 7 nitrogen and oxygen atoms in total. The number of nitrogens with one attached hydrogen (secondary N) is 1. The third kappa shape index (κ3) is 2.52. The van der Waals surface area contributed by atoms with E-state index in [1.165, 1.54) is 0 Å². The molecular formula is C19H19N3O4. The molecule has 2 unspecified atom stereocenters. The summed E-state index contributed by atoms with van der Waals surface area (Å²) in [7, 11) is 3.42. The Morgan fingerprint density at radius 3 is 2.38 bits per heavy atom. The van der Waals surface area contributed by atoms with Crippen LogP contribution in [0.4, 0.5) is 5.69 Å². The number of amides is 1. The summed E-state index contributed by atoms with van der Waals surface area (Å²) in [5, 5.41) is 2.85. The molecule has 0 saturated heterocycles. The predicted octanol–water partition coefficient (Wildman–Crippen LogP) is 2.04. The second-order valence-corrected chi connectivity index (χ2v) is 6.40. The van der Waals surface area contributed by atoms with Crippen LogP contribution in [0.25, 0.3) is 11.0 Å². The fourth-order valence-corrected chi connectivity index (χ4v) is 3.20. The minimum Gasteiger partial charge on any atom is -0.482 e. The van der Waals surface area contributed by atoms with E-state index in [2.05, 4.69) is 5.32 Å². The van der Waals surface area contributed by atoms with Crippen LogP contribution in [0, 0.1) is 0 Å². The van der Waals surface area contributed by atoms with Crippen molar-refractivity contribution in [1.29, 1.82) is 0 Å². The normalized spacial score (nSPS) is 18.7. The molecule has 2 heterocycles. The second kappa shape index (κ2) is 5.94. The zero-order valence-electron chi connectivity index (χ0n) is 14.7. The SMILES string of the molecule is CC1Oc2ccccc2OC1C(=O)Nc1ccc2c(c1)n(C)c(=O)n2C. The molecule has 26 heavy (non-hydrogen) atoms. The monoisotopic (exact) mass is 353 g/mol. The van der Waals surface area contributed by atoms with Crippen LogP contribution >= 0.6 is 0 Å². The van der Waals surface area contributed by atoms with E-state index in [1.807, 2.05) is 24.3 Å². The van der Waals surface area contributed by atoms with Gasteiger partial charge in [-0.3, -0.25) is 13.9 Å². The number of carbonyl (C=O) groups excluding carboxylic acids is 1. The summed E-state index contributed by atoms with van der Waals surface area (Å²) in [5.74, 6) is 0.878. The van der Waals surface area contributed by atoms with E-state index in [1.54, 1.807) is 48.4 Å². The molecule has 0 fully saturated rings. The molecule has 1 amide bonds. The van der Waals surface area contributed by atoms with Gasteiger partial charge in [-0.2, -0.15) is 0 Å². The van der Waals surface area contributed by atoms with E-state index >= 15 is 0 Å². The number of benzene rings is 2. The average molecular weight is 353 g/mol. The number of para-hydroxylation sites is 2. The van der Waals surface area contributed by atoms with Crippen molar-refractivity contribution in [2.75, 3.05) is 5.32 Å². The lowest BCUT2D eigenvalue weighted by atomic mass is 10.1. The predicted molar refractivity (Wildman–Crippen MR) is 97.7 cm³/mol. The van der Waals surface area contributed by atoms with Gasteiger partial charge < -0.3 is 14.8 Å². The van der Waals surface area contributed by atoms with E-state index < -0.39 is 12.2 Å². The van der Waals surface area contributed by atoms with Gasteiger partial charge in [0.05, 0.1) is 11.0 Å². The van der Waals surface area contributed by atoms with Crippen LogP contribution < -0.4 is 20.5 Å². The zero-order valence-corrected chi connectivity index (χ0v) is 14.7. The first-order valence-corrected chi connectivity index (χ1v) is 8.34. The topological polar surface area (TPSA) is 74.5 Å². The molecule has 1 aliphatic heterocycles. The Labute approximate surface area is 149 Å². The van der Waals surface area contributed by atoms with Crippen LogP contribution in [0.2, 0.25) is 0 Å². The highest BCUT2D eigenvalue weighted by molar-refractivity contribution is 5.96. The van der Waals surface area contributed by atoms with E-state index in [4.69, 9.17) is 9.47 Å². The molecule has 0 saturated carbocycles. The lowest BCUT2D eigenvalue weighted by Crippen LogP contribution is -2.46. The molecule has 0 radical (unpaired) electrons. The fourth-order valence-electron chi connectivity index (χ4n) is 3.20. The molecule has 2 atom stereocenters. The maximum atomic E-state index is 12.7. The third-order valence-corrected chi connectivity index (χ3v) is 4.64. The average Bonchev–Trinajstić information content (AvgIpc) is 2.85. The van der Waals surface area contributed by atoms with Crippen molar-refractivity contribution < 1.29 is 14.3 Å². The highest BCUT2D eigenvalue weighted by atomic mass is 16.6. The van der Waals surface area contributed by atoms with Gasteiger partial charge in [0.2, 0.25) is 6.10 Å². The summed E-state index contributed by atoms with van der Waals surface area (Å²) in [6, 6.07) is 12.6. The molecule has 7 heteroatoms. The number of aromatic nitrogens is 2. The number of hydrogen-bond acceptors (Lipinski definition) is 4. The van der Waals surface area contributed by atoms with Crippen molar-refractivity contribution in [2.24, 2.45) is 14.1 Å². The summed E-state index contributed by atoms with van der Waals surface area (Å²) < 4.78 is 14.7. The molecule has 4 rings (SSSR count). The van der Waals surface area contributed by atoms with Crippen molar-refractivity contribution in [2.45, 2.75) is 19.1 Å². The number of rotatable bonds is 2. The number of hydrogen-bond donors (Lipinski definition) is 1. The number of imidazole rings is 1. The summed E-state index contributed by atoms with van der Waals surface area (Å²) in [6.45, 7) is 1.80. The van der Waals surface area contributed by atoms with Gasteiger partial charge in [0.1, 0.15) is 6.10 Å². The number of fused-ring (bicyclic) bond motifs is 2. The Morgan fingerprint density at radius 1 is 1.00 bits per heavy atom. The van der Waals surface area contributed by atoms with Crippen molar-refractivity contribution >= 4 is 22.6 Å². The second-order valence-electron chi connectivity index (χ2n) is 6.40. The standard InChI is InChI=1S/C19H19N3O4/c1-11-17(26-16-7-5-4-6-15(16)25-11)18(23)20-12-8-9-13-14(10-12)22(3)19(24)21(13)2/h4-11,17H,1-3H3,(H,20,23). The molecule has 134 valence electrons. The summed E-state index contributed by atoms with van der Waals surface area (Å²) in [6.07, 6.45) is -1.19. The van der Waals surface area contributed by atoms with Crippen LogP contribution in [0.3, 0.4) is 0 Å². The van der Waals surface area contributed by atoms with Crippen LogP contribution in [0.15, 0.2) is 47.3 Å². The first-order chi connectivity index (χ1) is 12.5. The van der Waals surface area contributed by atoms with Crippen molar-refractivity contribution in [3.05, 3.63) is 52.9 Å². The molecule has 2 aromatic carbocycles. The molecule has 1 aliphatic rings. The summed E-state index contributed by atoms with van der Waals surface area (Å²) >= 11 is 0. The van der Waals surface area contributed by atoms with Gasteiger partial charge in [0.25, 0.3) is 5.91 Å². The first kappa shape index (κ1) is 16.3. The van der Waals surface area contributed by atoms with Gasteiger partial charge in [0, 0.05) is 19.8 Å². The van der Waals surface area contributed by atoms with Crippen LogP contribution in [0.5, 0.6) is 11.5 Å². The number of ether oxygens (including phenoxy) is 2. The lowest BCUT2D eigenvalue weighted by Gasteiger charge is -2.31. The molecular weight excluding hydrogens is 334 g/mol. The Hall–Kier alpha value is -3.22. The number of aryl methyl sites for hydroxylation is 2. The lowest BCUT2D eigenvalue weighted by molar-refractivity contribution is -0.128. The van der Waals surface area contributed by atoms with E-state index in [0.717, 1.165) is 11.0 Å². The molecule has 1 aromatic heterocycles. The van der Waals surface area contributed by atoms with E-state index in [9.17, 15) is 9.59 Å². The number of nitrogens with zero attached hydrogens (tertiary/aromatic N) is 2. The largest absolute Gasteiger partial charge is 0.482 e. The molecule has 3 aromatic rings. The quantitative estimate of drug-likeness (QED) is 0.765. The summed E-state index contributed by atoms with van der Waals surface area (Å²) in [4.78, 5) is 24.7. The van der Waals surface area contributed by atoms with Crippen molar-refractivity contribution in [1.82, 2.24) is 9.13 Å². The van der Waals surface area contributed by atoms with Gasteiger partial charge in [-0.15, -0.1) is 0 Å². The van der Waals surface area contributed by atoms with E-state index in [0.29, 0.717) is 17.2 Å². The Balaban J connectivity index is 1.59. The van der Waals surface area contributed by atoms with Gasteiger partial charge in [0.15, 0.2) is 11.5 Å². The number of carbonyl (C=O) groups is 1. The molecule has 0 aliphatic carbocycles. The van der Waals surface area contributed by atoms with Crippen LogP contribution in [0.1, 0.15) is 6.92 Å². The highest BCUT2D eigenvalue weighted by Gasteiger charge is 2.34. The van der Waals surface area contributed by atoms with Gasteiger partial charge in [-0.1, -0.05) is 12.1 Å². The van der Waals surface area contributed by atoms with Crippen molar-refractivity contribution in [3.8, 4) is 11.5 Å². The summed E-state index contributed by atoms with van der Waals surface area (Å²) in [5.41, 5.74) is 2.03. The van der Waals surface area contributed by atoms with Crippen molar-refractivity contribution in [3.63, 3.8) is 0 Å². The first-order valence-electron chi connectivity index (χ1n) is 8.34. The van der Waals surface area contributed by atoms with Gasteiger partial charge in [-0.05, 0) is 37.3 Å². The maximum Gasteiger partial charge on any atom is 0.328 e. The molecule has 0 bridgehead atoms. The third-order valence-electron chi connectivity index (χ3n) is 4.64. The smallest absolute Gasteiger partial charge is 0.328 e. The minimum absolute atomic E-state index is 0.113. The zero-order chi connectivity index (χ0) is 18.4. The van der Waals surface area contributed by atoms with Gasteiger partial charge >= 0.3 is 5.69 Å². The Bertz CT molecular complexity index is 1070.